The smallest absolute Gasteiger partial charge is 0.0897 e. The van der Waals surface area contributed by atoms with Crippen LogP contribution in [-0.2, 0) is 4.74 Å². The summed E-state index contributed by atoms with van der Waals surface area (Å²) < 4.78 is 5.65. The van der Waals surface area contributed by atoms with Gasteiger partial charge in [0.15, 0.2) is 0 Å². The van der Waals surface area contributed by atoms with Gasteiger partial charge in [0.1, 0.15) is 0 Å². The maximum Gasteiger partial charge on any atom is 0.0897 e. The highest BCUT2D eigenvalue weighted by Gasteiger charge is 2.19. The van der Waals surface area contributed by atoms with Gasteiger partial charge in [0.2, 0.25) is 0 Å². The van der Waals surface area contributed by atoms with Crippen LogP contribution in [0.25, 0.3) is 0 Å². The quantitative estimate of drug-likeness (QED) is 0.563. The third-order valence-corrected chi connectivity index (χ3v) is 4.18. The topological polar surface area (TPSA) is 61.7 Å². The fourth-order valence-electron chi connectivity index (χ4n) is 2.45. The highest BCUT2D eigenvalue weighted by atomic mass is 16.5. The normalized spacial score (nSPS) is 25.9. The second kappa shape index (κ2) is 9.50. The molecule has 1 aliphatic carbocycles. The van der Waals surface area contributed by atoms with Crippen molar-refractivity contribution in [1.82, 2.24) is 5.32 Å². The van der Waals surface area contributed by atoms with Gasteiger partial charge in [0, 0.05) is 12.6 Å². The van der Waals surface area contributed by atoms with Gasteiger partial charge in [0.25, 0.3) is 0 Å². The summed E-state index contributed by atoms with van der Waals surface area (Å²) >= 11 is 0. The van der Waals surface area contributed by atoms with Crippen molar-refractivity contribution in [2.45, 2.75) is 45.8 Å². The Morgan fingerprint density at radius 1 is 1.30 bits per heavy atom. The number of hydrogen-bond acceptors (Lipinski definition) is 4. The van der Waals surface area contributed by atoms with E-state index >= 15 is 0 Å². The van der Waals surface area contributed by atoms with Crippen molar-refractivity contribution in [3.8, 4) is 0 Å². The van der Waals surface area contributed by atoms with Crippen LogP contribution >= 0.6 is 0 Å². The molecule has 0 amide bonds. The molecule has 0 aliphatic heterocycles. The molecular weight excluding hydrogens is 254 g/mol. The molecule has 0 radical (unpaired) electrons. The molecule has 118 valence electrons. The number of aliphatic hydroxyl groups excluding tert-OH is 2. The lowest BCUT2D eigenvalue weighted by Crippen LogP contribution is -2.42. The molecule has 4 atom stereocenters. The van der Waals surface area contributed by atoms with Crippen LogP contribution in [0.5, 0.6) is 0 Å². The first-order valence-electron chi connectivity index (χ1n) is 7.79. The van der Waals surface area contributed by atoms with Crippen molar-refractivity contribution in [2.75, 3.05) is 26.4 Å². The van der Waals surface area contributed by atoms with Gasteiger partial charge in [-0.1, -0.05) is 32.9 Å². The minimum Gasteiger partial charge on any atom is -0.395 e. The summed E-state index contributed by atoms with van der Waals surface area (Å²) in [6, 6.07) is 0.0353. The van der Waals surface area contributed by atoms with Crippen LogP contribution in [0.15, 0.2) is 12.2 Å². The van der Waals surface area contributed by atoms with Gasteiger partial charge in [0.05, 0.1) is 25.9 Å². The Bertz CT molecular complexity index is 281. The van der Waals surface area contributed by atoms with Crippen LogP contribution in [0.2, 0.25) is 0 Å². The maximum absolute atomic E-state index is 9.89. The number of rotatable bonds is 9. The molecule has 0 spiro atoms. The van der Waals surface area contributed by atoms with E-state index in [1.165, 1.54) is 0 Å². The Hall–Kier alpha value is -0.420. The van der Waals surface area contributed by atoms with Crippen LogP contribution < -0.4 is 5.32 Å². The zero-order valence-electron chi connectivity index (χ0n) is 13.1. The Labute approximate surface area is 123 Å². The first kappa shape index (κ1) is 17.6. The first-order chi connectivity index (χ1) is 9.54. The predicted molar refractivity (Wildman–Crippen MR) is 81.6 cm³/mol. The van der Waals surface area contributed by atoms with Crippen molar-refractivity contribution in [3.05, 3.63) is 12.2 Å². The molecule has 1 aliphatic rings. The summed E-state index contributed by atoms with van der Waals surface area (Å²) in [7, 11) is 0. The van der Waals surface area contributed by atoms with Crippen LogP contribution in [-0.4, -0.2) is 48.7 Å². The van der Waals surface area contributed by atoms with Crippen LogP contribution in [0, 0.1) is 17.8 Å². The minimum atomic E-state index is -0.516. The highest BCUT2D eigenvalue weighted by molar-refractivity contribution is 4.93. The molecule has 1 rings (SSSR count). The third-order valence-electron chi connectivity index (χ3n) is 4.18. The number of nitrogens with one attached hydrogen (secondary N) is 1. The number of allylic oxidation sites excluding steroid dienone is 2. The molecule has 0 saturated heterocycles. The van der Waals surface area contributed by atoms with E-state index in [0.717, 1.165) is 19.4 Å². The fourth-order valence-corrected chi connectivity index (χ4v) is 2.45. The van der Waals surface area contributed by atoms with E-state index in [-0.39, 0.29) is 12.6 Å². The molecule has 0 fully saturated rings. The van der Waals surface area contributed by atoms with E-state index in [1.807, 2.05) is 0 Å². The van der Waals surface area contributed by atoms with E-state index in [2.05, 4.69) is 38.2 Å². The lowest BCUT2D eigenvalue weighted by molar-refractivity contribution is 0.0104. The predicted octanol–water partition coefficient (Wildman–Crippen LogP) is 1.57. The van der Waals surface area contributed by atoms with Crippen molar-refractivity contribution in [2.24, 2.45) is 17.8 Å². The Morgan fingerprint density at radius 2 is 2.00 bits per heavy atom. The second-order valence-corrected chi connectivity index (χ2v) is 6.31. The Morgan fingerprint density at radius 3 is 2.60 bits per heavy atom. The summed E-state index contributed by atoms with van der Waals surface area (Å²) in [5.74, 6) is 1.58. The molecule has 0 aromatic carbocycles. The Balaban J connectivity index is 2.13. The van der Waals surface area contributed by atoms with Crippen molar-refractivity contribution >= 4 is 0 Å². The van der Waals surface area contributed by atoms with Gasteiger partial charge in [-0.3, -0.25) is 0 Å². The van der Waals surface area contributed by atoms with E-state index in [9.17, 15) is 10.2 Å². The van der Waals surface area contributed by atoms with E-state index in [0.29, 0.717) is 30.9 Å². The average Bonchev–Trinajstić information content (AvgIpc) is 2.41. The molecule has 0 bridgehead atoms. The molecule has 0 heterocycles. The van der Waals surface area contributed by atoms with Crippen LogP contribution in [0.3, 0.4) is 0 Å². The van der Waals surface area contributed by atoms with Crippen molar-refractivity contribution in [3.63, 3.8) is 0 Å². The van der Waals surface area contributed by atoms with Gasteiger partial charge in [-0.05, 0) is 30.6 Å². The molecular formula is C16H31NO3. The second-order valence-electron chi connectivity index (χ2n) is 6.31. The molecule has 4 heteroatoms. The van der Waals surface area contributed by atoms with Gasteiger partial charge in [-0.2, -0.15) is 0 Å². The van der Waals surface area contributed by atoms with Gasteiger partial charge >= 0.3 is 0 Å². The van der Waals surface area contributed by atoms with Crippen LogP contribution in [0.4, 0.5) is 0 Å². The largest absolute Gasteiger partial charge is 0.395 e. The lowest BCUT2D eigenvalue weighted by Gasteiger charge is -2.26. The maximum atomic E-state index is 9.89. The average molecular weight is 285 g/mol. The third kappa shape index (κ3) is 6.35. The molecule has 3 unspecified atom stereocenters. The summed E-state index contributed by atoms with van der Waals surface area (Å²) in [5.41, 5.74) is 0. The number of aliphatic hydroxyl groups is 2. The zero-order chi connectivity index (χ0) is 15.0. The summed E-state index contributed by atoms with van der Waals surface area (Å²) in [5, 5.41) is 22.3. The van der Waals surface area contributed by atoms with Gasteiger partial charge in [-0.15, -0.1) is 0 Å². The van der Waals surface area contributed by atoms with Gasteiger partial charge < -0.3 is 20.3 Å². The molecule has 20 heavy (non-hydrogen) atoms. The van der Waals surface area contributed by atoms with E-state index in [1.54, 1.807) is 0 Å². The van der Waals surface area contributed by atoms with Gasteiger partial charge in [-0.25, -0.2) is 0 Å². The SMILES string of the molecule is CC1CC=CCC1COCC(O)CN[C@H](CO)C(C)C. The number of ether oxygens (including phenoxy) is 1. The van der Waals surface area contributed by atoms with Crippen molar-refractivity contribution in [1.29, 1.82) is 0 Å². The molecule has 0 aromatic heterocycles. The monoisotopic (exact) mass is 285 g/mol. The zero-order valence-corrected chi connectivity index (χ0v) is 13.1. The minimum absolute atomic E-state index is 0.0353. The fraction of sp³-hybridized carbons (Fsp3) is 0.875. The summed E-state index contributed by atoms with van der Waals surface area (Å²) in [6.07, 6.45) is 6.15. The molecule has 0 aromatic rings. The molecule has 4 nitrogen and oxygen atoms in total. The Kier molecular flexibility index (Phi) is 8.38. The first-order valence-corrected chi connectivity index (χ1v) is 7.79. The lowest BCUT2D eigenvalue weighted by atomic mass is 9.85. The molecule has 0 saturated carbocycles. The summed E-state index contributed by atoms with van der Waals surface area (Å²) in [6.45, 7) is 7.99. The van der Waals surface area contributed by atoms with Crippen LogP contribution in [0.1, 0.15) is 33.6 Å². The van der Waals surface area contributed by atoms with E-state index in [4.69, 9.17) is 4.74 Å². The number of hydrogen-bond donors (Lipinski definition) is 3. The highest BCUT2D eigenvalue weighted by Crippen LogP contribution is 2.24. The standard InChI is InChI=1S/C16H31NO3/c1-12(2)16(9-18)17-8-15(19)11-20-10-14-7-5-4-6-13(14)3/h4-5,12-19H,6-11H2,1-3H3/t13?,14?,15?,16-/m1/s1. The van der Waals surface area contributed by atoms with E-state index < -0.39 is 6.10 Å². The molecule has 3 N–H and O–H groups in total. The summed E-state index contributed by atoms with van der Waals surface area (Å²) in [4.78, 5) is 0. The van der Waals surface area contributed by atoms with Crippen molar-refractivity contribution < 1.29 is 14.9 Å².